The molecular formula is C23H14ClFO4. The molecule has 6 heteroatoms. The molecule has 0 atom stereocenters. The summed E-state index contributed by atoms with van der Waals surface area (Å²) in [5, 5.41) is 0.549. The average Bonchev–Trinajstić information content (AvgIpc) is 3.03. The fourth-order valence-corrected chi connectivity index (χ4v) is 2.96. The Bertz CT molecular complexity index is 1120. The molecule has 0 spiro atoms. The Morgan fingerprint density at radius 3 is 2.48 bits per heavy atom. The van der Waals surface area contributed by atoms with Gasteiger partial charge in [-0.15, -0.1) is 0 Å². The maximum absolute atomic E-state index is 13.0. The van der Waals surface area contributed by atoms with Crippen LogP contribution in [0.4, 0.5) is 4.39 Å². The van der Waals surface area contributed by atoms with E-state index in [4.69, 9.17) is 21.1 Å². The third kappa shape index (κ3) is 4.20. The topological polar surface area (TPSA) is 52.6 Å². The minimum absolute atomic E-state index is 0.140. The monoisotopic (exact) mass is 408 g/mol. The van der Waals surface area contributed by atoms with E-state index >= 15 is 0 Å². The standard InChI is InChI=1S/C23H14ClFO4/c24-16-5-3-15(4-6-16)20(26)13-28-18-9-10-19-21(12-18)29-22(23(19)27)11-14-1-7-17(25)8-2-14/h1-12H,13H2/b22-11-. The minimum atomic E-state index is -0.357. The van der Waals surface area contributed by atoms with Crippen molar-refractivity contribution in [1.29, 1.82) is 0 Å². The van der Waals surface area contributed by atoms with Crippen LogP contribution in [0.3, 0.4) is 0 Å². The highest BCUT2D eigenvalue weighted by molar-refractivity contribution is 6.30. The summed E-state index contributed by atoms with van der Waals surface area (Å²) in [4.78, 5) is 24.7. The average molecular weight is 409 g/mol. The molecular weight excluding hydrogens is 395 g/mol. The van der Waals surface area contributed by atoms with Gasteiger partial charge in [-0.3, -0.25) is 9.59 Å². The van der Waals surface area contributed by atoms with Crippen LogP contribution in [0.2, 0.25) is 5.02 Å². The molecule has 0 aliphatic carbocycles. The number of Topliss-reactive ketones (excluding diaryl/α,β-unsaturated/α-hetero) is 2. The molecule has 0 aromatic heterocycles. The lowest BCUT2D eigenvalue weighted by molar-refractivity contribution is 0.0921. The Balaban J connectivity index is 1.46. The van der Waals surface area contributed by atoms with E-state index in [0.29, 0.717) is 33.2 Å². The second kappa shape index (κ2) is 7.89. The maximum Gasteiger partial charge on any atom is 0.231 e. The first-order valence-electron chi connectivity index (χ1n) is 8.75. The number of allylic oxidation sites excluding steroid dienone is 1. The normalized spacial score (nSPS) is 13.9. The molecule has 1 aliphatic heterocycles. The molecule has 0 bridgehead atoms. The molecule has 0 saturated carbocycles. The molecule has 3 aromatic carbocycles. The lowest BCUT2D eigenvalue weighted by Crippen LogP contribution is -2.11. The Morgan fingerprint density at radius 1 is 1.03 bits per heavy atom. The van der Waals surface area contributed by atoms with Crippen LogP contribution in [0.25, 0.3) is 6.08 Å². The van der Waals surface area contributed by atoms with Gasteiger partial charge in [-0.2, -0.15) is 0 Å². The van der Waals surface area contributed by atoms with Gasteiger partial charge in [0.1, 0.15) is 17.3 Å². The van der Waals surface area contributed by atoms with E-state index in [2.05, 4.69) is 0 Å². The van der Waals surface area contributed by atoms with Crippen LogP contribution in [0.15, 0.2) is 72.5 Å². The first kappa shape index (κ1) is 18.9. The number of hydrogen-bond acceptors (Lipinski definition) is 4. The zero-order valence-corrected chi connectivity index (χ0v) is 15.8. The van der Waals surface area contributed by atoms with E-state index in [-0.39, 0.29) is 29.7 Å². The van der Waals surface area contributed by atoms with Gasteiger partial charge in [0, 0.05) is 16.7 Å². The second-order valence-electron chi connectivity index (χ2n) is 6.37. The zero-order chi connectivity index (χ0) is 20.4. The summed E-state index contributed by atoms with van der Waals surface area (Å²) in [6.07, 6.45) is 1.55. The van der Waals surface area contributed by atoms with E-state index in [1.165, 1.54) is 12.1 Å². The van der Waals surface area contributed by atoms with Crippen molar-refractivity contribution in [3.63, 3.8) is 0 Å². The van der Waals surface area contributed by atoms with Gasteiger partial charge in [-0.25, -0.2) is 4.39 Å². The third-order valence-electron chi connectivity index (χ3n) is 4.35. The van der Waals surface area contributed by atoms with Gasteiger partial charge in [-0.1, -0.05) is 23.7 Å². The first-order valence-corrected chi connectivity index (χ1v) is 9.13. The molecule has 29 heavy (non-hydrogen) atoms. The van der Waals surface area contributed by atoms with E-state index in [1.54, 1.807) is 60.7 Å². The fourth-order valence-electron chi connectivity index (χ4n) is 2.84. The molecule has 1 aliphatic rings. The summed E-state index contributed by atoms with van der Waals surface area (Å²) in [6, 6.07) is 17.0. The van der Waals surface area contributed by atoms with Crippen molar-refractivity contribution in [1.82, 2.24) is 0 Å². The largest absolute Gasteiger partial charge is 0.485 e. The molecule has 0 saturated heterocycles. The SMILES string of the molecule is O=C(COc1ccc2c(c1)O/C(=C\c1ccc(F)cc1)C2=O)c1ccc(Cl)cc1. The molecule has 0 radical (unpaired) electrons. The van der Waals surface area contributed by atoms with Crippen LogP contribution >= 0.6 is 11.6 Å². The van der Waals surface area contributed by atoms with Gasteiger partial charge >= 0.3 is 0 Å². The number of benzene rings is 3. The lowest BCUT2D eigenvalue weighted by atomic mass is 10.1. The van der Waals surface area contributed by atoms with Crippen molar-refractivity contribution in [2.24, 2.45) is 0 Å². The summed E-state index contributed by atoms with van der Waals surface area (Å²) in [5.74, 6) is 0.0657. The van der Waals surface area contributed by atoms with Crippen LogP contribution in [0.5, 0.6) is 11.5 Å². The number of carbonyl (C=O) groups is 2. The predicted octanol–water partition coefficient (Wildman–Crippen LogP) is 5.36. The Morgan fingerprint density at radius 2 is 1.76 bits per heavy atom. The number of ketones is 2. The highest BCUT2D eigenvalue weighted by atomic mass is 35.5. The highest BCUT2D eigenvalue weighted by Crippen LogP contribution is 2.35. The van der Waals surface area contributed by atoms with Gasteiger partial charge < -0.3 is 9.47 Å². The number of fused-ring (bicyclic) bond motifs is 1. The van der Waals surface area contributed by atoms with E-state index in [9.17, 15) is 14.0 Å². The molecule has 4 rings (SSSR count). The van der Waals surface area contributed by atoms with Crippen molar-refractivity contribution in [2.75, 3.05) is 6.61 Å². The van der Waals surface area contributed by atoms with Gasteiger partial charge in [0.15, 0.2) is 18.1 Å². The summed E-state index contributed by atoms with van der Waals surface area (Å²) in [7, 11) is 0. The van der Waals surface area contributed by atoms with Crippen LogP contribution < -0.4 is 9.47 Å². The third-order valence-corrected chi connectivity index (χ3v) is 4.60. The lowest BCUT2D eigenvalue weighted by Gasteiger charge is -2.07. The quantitative estimate of drug-likeness (QED) is 0.421. The molecule has 144 valence electrons. The molecule has 0 fully saturated rings. The van der Waals surface area contributed by atoms with Gasteiger partial charge in [-0.05, 0) is 60.2 Å². The van der Waals surface area contributed by atoms with Crippen molar-refractivity contribution in [3.8, 4) is 11.5 Å². The number of hydrogen-bond donors (Lipinski definition) is 0. The summed E-state index contributed by atoms with van der Waals surface area (Å²) in [6.45, 7) is -0.160. The van der Waals surface area contributed by atoms with Crippen LogP contribution in [-0.4, -0.2) is 18.2 Å². The van der Waals surface area contributed by atoms with Crippen molar-refractivity contribution in [2.45, 2.75) is 0 Å². The van der Waals surface area contributed by atoms with Crippen LogP contribution in [-0.2, 0) is 0 Å². The highest BCUT2D eigenvalue weighted by Gasteiger charge is 2.27. The molecule has 1 heterocycles. The predicted molar refractivity (Wildman–Crippen MR) is 107 cm³/mol. The molecule has 0 N–H and O–H groups in total. The number of ether oxygens (including phenoxy) is 2. The number of halogens is 2. The summed E-state index contributed by atoms with van der Waals surface area (Å²) < 4.78 is 24.2. The van der Waals surface area contributed by atoms with Crippen LogP contribution in [0, 0.1) is 5.82 Å². The van der Waals surface area contributed by atoms with Gasteiger partial charge in [0.05, 0.1) is 5.56 Å². The van der Waals surface area contributed by atoms with Crippen molar-refractivity contribution < 1.29 is 23.5 Å². The molecule has 0 amide bonds. The molecule has 4 nitrogen and oxygen atoms in total. The number of carbonyl (C=O) groups excluding carboxylic acids is 2. The Hall–Kier alpha value is -3.44. The maximum atomic E-state index is 13.0. The first-order chi connectivity index (χ1) is 14.0. The Kier molecular flexibility index (Phi) is 5.14. The number of rotatable bonds is 5. The van der Waals surface area contributed by atoms with E-state index in [0.717, 1.165) is 0 Å². The minimum Gasteiger partial charge on any atom is -0.485 e. The second-order valence-corrected chi connectivity index (χ2v) is 6.80. The van der Waals surface area contributed by atoms with E-state index in [1.807, 2.05) is 0 Å². The summed E-state index contributed by atoms with van der Waals surface area (Å²) >= 11 is 5.82. The van der Waals surface area contributed by atoms with Gasteiger partial charge in [0.25, 0.3) is 0 Å². The van der Waals surface area contributed by atoms with Crippen LogP contribution in [0.1, 0.15) is 26.3 Å². The molecule has 0 unspecified atom stereocenters. The van der Waals surface area contributed by atoms with Crippen molar-refractivity contribution in [3.05, 3.63) is 100 Å². The van der Waals surface area contributed by atoms with Crippen molar-refractivity contribution >= 4 is 29.2 Å². The van der Waals surface area contributed by atoms with Gasteiger partial charge in [0.2, 0.25) is 5.78 Å². The Labute approximate surface area is 171 Å². The van der Waals surface area contributed by atoms with E-state index < -0.39 is 0 Å². The zero-order valence-electron chi connectivity index (χ0n) is 15.0. The smallest absolute Gasteiger partial charge is 0.231 e. The summed E-state index contributed by atoms with van der Waals surface area (Å²) in [5.41, 5.74) is 1.54. The molecule has 3 aromatic rings. The fraction of sp³-hybridized carbons (Fsp3) is 0.0435.